The third kappa shape index (κ3) is 5.92. The van der Waals surface area contributed by atoms with Gasteiger partial charge in [0.05, 0.1) is 5.92 Å². The molecule has 0 aliphatic rings. The quantitative estimate of drug-likeness (QED) is 0.771. The van der Waals surface area contributed by atoms with E-state index in [9.17, 15) is 4.79 Å². The van der Waals surface area contributed by atoms with Crippen molar-refractivity contribution in [2.75, 3.05) is 0 Å². The van der Waals surface area contributed by atoms with Crippen molar-refractivity contribution in [3.8, 4) is 0 Å². The zero-order valence-electron chi connectivity index (χ0n) is 7.36. The number of carbonyl (C=O) groups is 1. The first-order chi connectivity index (χ1) is 5.68. The molecule has 1 aromatic rings. The summed E-state index contributed by atoms with van der Waals surface area (Å²) in [6, 6.07) is 4.04. The minimum Gasteiger partial charge on any atom is -0.481 e. The highest BCUT2D eigenvalue weighted by atomic mass is 32.1. The van der Waals surface area contributed by atoms with Gasteiger partial charge in [0.1, 0.15) is 0 Å². The second kappa shape index (κ2) is 6.85. The summed E-state index contributed by atoms with van der Waals surface area (Å²) >= 11 is 1.71. The summed E-state index contributed by atoms with van der Waals surface area (Å²) in [6.07, 6.45) is 0.718. The summed E-state index contributed by atoms with van der Waals surface area (Å²) in [7, 11) is 0. The van der Waals surface area contributed by atoms with Crippen LogP contribution in [0.25, 0.3) is 0 Å². The number of hydrogen-bond donors (Lipinski definition) is 1. The molecule has 0 amide bonds. The Morgan fingerprint density at radius 3 is 2.08 bits per heavy atom. The Hall–Kier alpha value is -0.830. The maximum Gasteiger partial charge on any atom is 0.306 e. The topological polar surface area (TPSA) is 37.3 Å². The van der Waals surface area contributed by atoms with Crippen molar-refractivity contribution >= 4 is 17.3 Å². The van der Waals surface area contributed by atoms with Crippen molar-refractivity contribution in [3.63, 3.8) is 0 Å². The van der Waals surface area contributed by atoms with Gasteiger partial charge in [-0.3, -0.25) is 4.79 Å². The van der Waals surface area contributed by atoms with Crippen LogP contribution in [0.4, 0.5) is 0 Å². The maximum atomic E-state index is 9.93. The Morgan fingerprint density at radius 2 is 2.00 bits per heavy atom. The van der Waals surface area contributed by atoms with Gasteiger partial charge >= 0.3 is 5.97 Å². The van der Waals surface area contributed by atoms with E-state index in [4.69, 9.17) is 5.11 Å². The Kier molecular flexibility index (Phi) is 6.38. The fourth-order valence-corrected chi connectivity index (χ4v) is 0.855. The fraction of sp³-hybridized carbons (Fsp3) is 0.444. The van der Waals surface area contributed by atoms with Crippen molar-refractivity contribution in [3.05, 3.63) is 22.9 Å². The summed E-state index contributed by atoms with van der Waals surface area (Å²) in [4.78, 5) is 9.93. The molecule has 0 aliphatic carbocycles. The van der Waals surface area contributed by atoms with Gasteiger partial charge < -0.3 is 5.11 Å². The molecule has 1 rings (SSSR count). The average Bonchev–Trinajstić information content (AvgIpc) is 2.59. The first-order valence-electron chi connectivity index (χ1n) is 3.88. The van der Waals surface area contributed by atoms with Crippen LogP contribution in [0.5, 0.6) is 0 Å². The Morgan fingerprint density at radius 1 is 1.50 bits per heavy atom. The highest BCUT2D eigenvalue weighted by molar-refractivity contribution is 7.07. The molecule has 1 unspecified atom stereocenters. The number of hydrogen-bond acceptors (Lipinski definition) is 2. The third-order valence-corrected chi connectivity index (χ3v) is 2.09. The molecule has 0 aromatic carbocycles. The number of aliphatic carboxylic acids is 1. The van der Waals surface area contributed by atoms with E-state index < -0.39 is 5.97 Å². The van der Waals surface area contributed by atoms with E-state index >= 15 is 0 Å². The van der Waals surface area contributed by atoms with Crippen molar-refractivity contribution in [2.45, 2.75) is 20.3 Å². The molecule has 0 radical (unpaired) electrons. The monoisotopic (exact) mass is 186 g/mol. The van der Waals surface area contributed by atoms with Crippen LogP contribution >= 0.6 is 11.3 Å². The van der Waals surface area contributed by atoms with Crippen LogP contribution in [0.3, 0.4) is 0 Å². The van der Waals surface area contributed by atoms with Gasteiger partial charge in [0.2, 0.25) is 0 Å². The van der Waals surface area contributed by atoms with E-state index in [1.54, 1.807) is 18.3 Å². The van der Waals surface area contributed by atoms with Gasteiger partial charge in [-0.15, -0.1) is 0 Å². The first kappa shape index (κ1) is 11.2. The van der Waals surface area contributed by atoms with Crippen molar-refractivity contribution in [1.82, 2.24) is 0 Å². The lowest BCUT2D eigenvalue weighted by Gasteiger charge is -1.96. The molecule has 1 atom stereocenters. The van der Waals surface area contributed by atoms with E-state index in [2.05, 4.69) is 0 Å². The minimum absolute atomic E-state index is 0.181. The van der Waals surface area contributed by atoms with E-state index in [-0.39, 0.29) is 5.92 Å². The average molecular weight is 186 g/mol. The largest absolute Gasteiger partial charge is 0.481 e. The standard InChI is InChI=1S/C5H10O2.C4H4S/c1-3-4(2)5(6)7;1-2-4-5-3-1/h4H,3H2,1-2H3,(H,6,7);1-4H. The molecule has 0 saturated carbocycles. The van der Waals surface area contributed by atoms with Crippen LogP contribution in [0, 0.1) is 5.92 Å². The van der Waals surface area contributed by atoms with E-state index in [1.807, 2.05) is 29.8 Å². The minimum atomic E-state index is -0.706. The van der Waals surface area contributed by atoms with Crippen LogP contribution in [-0.2, 0) is 4.79 Å². The highest BCUT2D eigenvalue weighted by Gasteiger charge is 2.05. The smallest absolute Gasteiger partial charge is 0.306 e. The zero-order valence-corrected chi connectivity index (χ0v) is 8.17. The molecule has 68 valence electrons. The Bertz CT molecular complexity index is 177. The van der Waals surface area contributed by atoms with Gasteiger partial charge in [-0.25, -0.2) is 0 Å². The molecule has 1 N–H and O–H groups in total. The van der Waals surface area contributed by atoms with Crippen LogP contribution in [0.2, 0.25) is 0 Å². The zero-order chi connectivity index (χ0) is 9.40. The number of thiophene rings is 1. The second-order valence-electron chi connectivity index (χ2n) is 2.44. The lowest BCUT2D eigenvalue weighted by atomic mass is 10.1. The molecule has 0 fully saturated rings. The van der Waals surface area contributed by atoms with E-state index in [0.29, 0.717) is 0 Å². The Balaban J connectivity index is 0.000000211. The highest BCUT2D eigenvalue weighted by Crippen LogP contribution is 1.97. The molecule has 1 heterocycles. The molecule has 0 saturated heterocycles. The molecule has 0 spiro atoms. The van der Waals surface area contributed by atoms with E-state index in [1.165, 1.54) is 0 Å². The fourth-order valence-electron chi connectivity index (χ4n) is 0.401. The summed E-state index contributed by atoms with van der Waals surface area (Å²) in [5.74, 6) is -0.887. The molecular formula is C9H14O2S. The maximum absolute atomic E-state index is 9.93. The lowest BCUT2D eigenvalue weighted by Crippen LogP contribution is -2.06. The van der Waals surface area contributed by atoms with Crippen molar-refractivity contribution in [1.29, 1.82) is 0 Å². The summed E-state index contributed by atoms with van der Waals surface area (Å²) < 4.78 is 0. The van der Waals surface area contributed by atoms with Crippen molar-refractivity contribution < 1.29 is 9.90 Å². The van der Waals surface area contributed by atoms with Crippen LogP contribution in [-0.4, -0.2) is 11.1 Å². The van der Waals surface area contributed by atoms with Gasteiger partial charge in [0.15, 0.2) is 0 Å². The number of carboxylic acid groups (broad SMARTS) is 1. The number of carboxylic acids is 1. The van der Waals surface area contributed by atoms with Gasteiger partial charge in [0, 0.05) is 0 Å². The summed E-state index contributed by atoms with van der Waals surface area (Å²) in [5.41, 5.74) is 0. The van der Waals surface area contributed by atoms with E-state index in [0.717, 1.165) is 6.42 Å². The van der Waals surface area contributed by atoms with Gasteiger partial charge in [-0.05, 0) is 17.2 Å². The molecule has 0 aliphatic heterocycles. The van der Waals surface area contributed by atoms with Gasteiger partial charge in [-0.1, -0.05) is 26.0 Å². The molecule has 3 heteroatoms. The molecule has 0 bridgehead atoms. The molecule has 12 heavy (non-hydrogen) atoms. The predicted molar refractivity (Wildman–Crippen MR) is 51.4 cm³/mol. The Labute approximate surface area is 76.9 Å². The molecule has 1 aromatic heterocycles. The predicted octanol–water partition coefficient (Wildman–Crippen LogP) is 2.87. The SMILES string of the molecule is CCC(C)C(=O)O.c1ccsc1. The first-order valence-corrected chi connectivity index (χ1v) is 4.82. The second-order valence-corrected chi connectivity index (χ2v) is 3.26. The number of rotatable bonds is 2. The van der Waals surface area contributed by atoms with Crippen LogP contribution in [0.1, 0.15) is 20.3 Å². The molecule has 2 nitrogen and oxygen atoms in total. The molecular weight excluding hydrogens is 172 g/mol. The summed E-state index contributed by atoms with van der Waals surface area (Å²) in [5, 5.41) is 12.3. The van der Waals surface area contributed by atoms with Gasteiger partial charge in [-0.2, -0.15) is 11.3 Å². The van der Waals surface area contributed by atoms with Crippen LogP contribution in [0.15, 0.2) is 22.9 Å². The van der Waals surface area contributed by atoms with Crippen molar-refractivity contribution in [2.24, 2.45) is 5.92 Å². The van der Waals surface area contributed by atoms with Gasteiger partial charge in [0.25, 0.3) is 0 Å². The lowest BCUT2D eigenvalue weighted by molar-refractivity contribution is -0.141. The normalized spacial score (nSPS) is 11.2. The third-order valence-electron chi connectivity index (χ3n) is 1.46. The van der Waals surface area contributed by atoms with Crippen LogP contribution < -0.4 is 0 Å². The summed E-state index contributed by atoms with van der Waals surface area (Å²) in [6.45, 7) is 3.56.